The van der Waals surface area contributed by atoms with E-state index in [0.29, 0.717) is 0 Å². The van der Waals surface area contributed by atoms with Gasteiger partial charge in [0.05, 0.1) is 0 Å². The van der Waals surface area contributed by atoms with Gasteiger partial charge in [-0.3, -0.25) is 14.1 Å². The lowest BCUT2D eigenvalue weighted by Gasteiger charge is -2.40. The summed E-state index contributed by atoms with van der Waals surface area (Å²) in [5.41, 5.74) is -3.83. The molecule has 0 aromatic heterocycles. The van der Waals surface area contributed by atoms with Gasteiger partial charge in [0.1, 0.15) is 0 Å². The first-order valence-electron chi connectivity index (χ1n) is 8.00. The fourth-order valence-corrected chi connectivity index (χ4v) is 5.13. The quantitative estimate of drug-likeness (QED) is 0.329. The summed E-state index contributed by atoms with van der Waals surface area (Å²) in [6.07, 6.45) is 0. The van der Waals surface area contributed by atoms with Crippen molar-refractivity contribution in [3.05, 3.63) is 0 Å². The van der Waals surface area contributed by atoms with Gasteiger partial charge in [-0.15, -0.1) is 0 Å². The van der Waals surface area contributed by atoms with E-state index in [1.807, 2.05) is 0 Å². The molecular formula is C15H22F6O7S2. The molecule has 0 aliphatic rings. The molecule has 0 saturated heterocycles. The Bertz CT molecular complexity index is 913. The second-order valence-electron chi connectivity index (χ2n) is 8.78. The molecule has 0 amide bonds. The maximum absolute atomic E-state index is 14.5. The molecule has 0 bridgehead atoms. The third-order valence-electron chi connectivity index (χ3n) is 4.16. The van der Waals surface area contributed by atoms with Crippen molar-refractivity contribution in [2.24, 2.45) is 10.8 Å². The van der Waals surface area contributed by atoms with Gasteiger partial charge in [0.2, 0.25) is 9.84 Å². The van der Waals surface area contributed by atoms with Crippen molar-refractivity contribution in [2.45, 2.75) is 69.6 Å². The van der Waals surface area contributed by atoms with Crippen molar-refractivity contribution in [2.75, 3.05) is 0 Å². The molecule has 0 radical (unpaired) electrons. The minimum atomic E-state index is -7.26. The van der Waals surface area contributed by atoms with Crippen LogP contribution in [0.3, 0.4) is 0 Å². The minimum Gasteiger partial charge on any atom is -0.297 e. The van der Waals surface area contributed by atoms with Gasteiger partial charge in [0.15, 0.2) is 16.3 Å². The van der Waals surface area contributed by atoms with E-state index in [1.165, 1.54) is 0 Å². The second kappa shape index (κ2) is 7.15. The number of rotatable bonds is 7. The summed E-state index contributed by atoms with van der Waals surface area (Å²) >= 11 is 0. The Balaban J connectivity index is 7.41. The van der Waals surface area contributed by atoms with E-state index < -0.39 is 63.5 Å². The molecule has 0 spiro atoms. The zero-order chi connectivity index (χ0) is 25.2. The number of hydrogen-bond acceptors (Lipinski definition) is 6. The van der Waals surface area contributed by atoms with Crippen molar-refractivity contribution in [3.8, 4) is 0 Å². The van der Waals surface area contributed by atoms with Crippen molar-refractivity contribution >= 4 is 31.5 Å². The topological polar surface area (TPSA) is 123 Å². The van der Waals surface area contributed by atoms with Crippen LogP contribution >= 0.6 is 0 Å². The van der Waals surface area contributed by atoms with Crippen molar-refractivity contribution in [1.82, 2.24) is 0 Å². The second-order valence-corrected chi connectivity index (χ2v) is 12.6. The first-order valence-corrected chi connectivity index (χ1v) is 10.9. The van der Waals surface area contributed by atoms with Gasteiger partial charge >= 0.3 is 26.5 Å². The summed E-state index contributed by atoms with van der Waals surface area (Å²) in [7, 11) is -14.4. The third kappa shape index (κ3) is 3.87. The molecule has 0 aromatic carbocycles. The Labute approximate surface area is 169 Å². The van der Waals surface area contributed by atoms with Crippen molar-refractivity contribution < 1.29 is 57.3 Å². The van der Waals surface area contributed by atoms with E-state index in [0.717, 1.165) is 41.5 Å². The number of sulfone groups is 1. The average Bonchev–Trinajstić information content (AvgIpc) is 2.48. The number of ketones is 2. The summed E-state index contributed by atoms with van der Waals surface area (Å²) in [4.78, 5) is 25.4. The highest BCUT2D eigenvalue weighted by Gasteiger charge is 2.85. The van der Waals surface area contributed by atoms with Gasteiger partial charge in [-0.1, -0.05) is 41.5 Å². The molecule has 7 nitrogen and oxygen atoms in total. The summed E-state index contributed by atoms with van der Waals surface area (Å²) in [5, 5.41) is -14.0. The predicted octanol–water partition coefficient (Wildman–Crippen LogP) is 3.10. The lowest BCUT2D eigenvalue weighted by Crippen LogP contribution is -2.68. The van der Waals surface area contributed by atoms with E-state index in [4.69, 9.17) is 4.55 Å². The monoisotopic (exact) mass is 492 g/mol. The fourth-order valence-electron chi connectivity index (χ4n) is 2.53. The van der Waals surface area contributed by atoms with Gasteiger partial charge in [0.25, 0.3) is 0 Å². The Kier molecular flexibility index (Phi) is 6.86. The minimum absolute atomic E-state index is 0.0685. The lowest BCUT2D eigenvalue weighted by atomic mass is 9.75. The van der Waals surface area contributed by atoms with Gasteiger partial charge in [-0.05, 0) is 6.92 Å². The molecule has 0 saturated carbocycles. The molecule has 0 rings (SSSR count). The molecule has 15 heteroatoms. The summed E-state index contributed by atoms with van der Waals surface area (Å²) in [6, 6.07) is 0. The number of carbonyl (C=O) groups excluding carboxylic acids is 2. The van der Waals surface area contributed by atoms with Crippen molar-refractivity contribution in [3.63, 3.8) is 0 Å². The normalized spacial score (nSPS) is 15.8. The first kappa shape index (κ1) is 28.8. The van der Waals surface area contributed by atoms with Crippen LogP contribution in [0.4, 0.5) is 26.3 Å². The molecule has 0 atom stereocenters. The Morgan fingerprint density at radius 2 is 0.900 bits per heavy atom. The standard InChI is InChI=1S/C15H22F6O7S2/c1-10(2,3)8(22)12(7,9(23)11(4,5)6)29(24,25)14(18,19)13(16,17)15(20,21)30(26,27)28/h1-7H3,(H,26,27,28). The van der Waals surface area contributed by atoms with Crippen LogP contribution < -0.4 is 0 Å². The molecular weight excluding hydrogens is 470 g/mol. The zero-order valence-electron chi connectivity index (χ0n) is 17.0. The molecule has 30 heavy (non-hydrogen) atoms. The van der Waals surface area contributed by atoms with E-state index >= 15 is 0 Å². The number of halogens is 6. The number of Topliss-reactive ketones (excluding diaryl/α,β-unsaturated/α-hetero) is 2. The molecule has 0 aliphatic carbocycles. The SMILES string of the molecule is CC(C)(C)C(=O)C(C)(C(=O)C(C)(C)C)S(=O)(=O)C(F)(F)C(F)(F)C(F)(F)S(=O)(=O)O. The Morgan fingerprint density at radius 3 is 1.10 bits per heavy atom. The predicted molar refractivity (Wildman–Crippen MR) is 92.6 cm³/mol. The molecule has 0 aliphatic heterocycles. The van der Waals surface area contributed by atoms with E-state index in [-0.39, 0.29) is 6.92 Å². The third-order valence-corrected chi connectivity index (χ3v) is 7.44. The highest BCUT2D eigenvalue weighted by atomic mass is 32.2. The molecule has 178 valence electrons. The van der Waals surface area contributed by atoms with Crippen LogP contribution in [0.15, 0.2) is 0 Å². The first-order chi connectivity index (χ1) is 12.6. The van der Waals surface area contributed by atoms with E-state index in [9.17, 15) is 52.8 Å². The zero-order valence-corrected chi connectivity index (χ0v) is 18.6. The van der Waals surface area contributed by atoms with Gasteiger partial charge in [0, 0.05) is 10.8 Å². The van der Waals surface area contributed by atoms with E-state index in [1.54, 1.807) is 0 Å². The highest BCUT2D eigenvalue weighted by Crippen LogP contribution is 2.54. The lowest BCUT2D eigenvalue weighted by molar-refractivity contribution is -0.246. The van der Waals surface area contributed by atoms with E-state index in [2.05, 4.69) is 0 Å². The number of carbonyl (C=O) groups is 2. The van der Waals surface area contributed by atoms with Gasteiger partial charge in [-0.25, -0.2) is 8.42 Å². The maximum Gasteiger partial charge on any atom is 0.439 e. The van der Waals surface area contributed by atoms with Crippen LogP contribution in [-0.4, -0.2) is 54.1 Å². The van der Waals surface area contributed by atoms with Crippen LogP contribution in [0, 0.1) is 10.8 Å². The van der Waals surface area contributed by atoms with Crippen LogP contribution in [0.1, 0.15) is 48.5 Å². The van der Waals surface area contributed by atoms with Crippen LogP contribution in [0.5, 0.6) is 0 Å². The highest BCUT2D eigenvalue weighted by molar-refractivity contribution is 7.95. The summed E-state index contributed by atoms with van der Waals surface area (Å²) in [6.45, 7) is 5.83. The summed E-state index contributed by atoms with van der Waals surface area (Å²) in [5.74, 6) is -10.9. The average molecular weight is 492 g/mol. The smallest absolute Gasteiger partial charge is 0.297 e. The maximum atomic E-state index is 14.5. The van der Waals surface area contributed by atoms with Crippen LogP contribution in [0.25, 0.3) is 0 Å². The largest absolute Gasteiger partial charge is 0.439 e. The van der Waals surface area contributed by atoms with Crippen LogP contribution in [0.2, 0.25) is 0 Å². The molecule has 0 aromatic rings. The van der Waals surface area contributed by atoms with Gasteiger partial charge < -0.3 is 0 Å². The Hall–Kier alpha value is -1.22. The number of hydrogen-bond donors (Lipinski definition) is 1. The van der Waals surface area contributed by atoms with Gasteiger partial charge in [-0.2, -0.15) is 34.8 Å². The number of alkyl halides is 6. The summed E-state index contributed by atoms with van der Waals surface area (Å²) < 4.78 is 135. The fraction of sp³-hybridized carbons (Fsp3) is 0.867. The molecule has 0 unspecified atom stereocenters. The molecule has 1 N–H and O–H groups in total. The molecule has 0 heterocycles. The Morgan fingerprint density at radius 1 is 0.633 bits per heavy atom. The molecule has 0 fully saturated rings. The van der Waals surface area contributed by atoms with Crippen molar-refractivity contribution in [1.29, 1.82) is 0 Å². The van der Waals surface area contributed by atoms with Crippen LogP contribution in [-0.2, 0) is 29.5 Å².